The van der Waals surface area contributed by atoms with E-state index in [1.807, 2.05) is 41.6 Å². The van der Waals surface area contributed by atoms with Gasteiger partial charge in [-0.1, -0.05) is 13.3 Å². The van der Waals surface area contributed by atoms with Gasteiger partial charge in [-0.05, 0) is 54.8 Å². The lowest BCUT2D eigenvalue weighted by atomic mass is 10.1. The molecular formula is C22H30ClN3O2. The van der Waals surface area contributed by atoms with E-state index < -0.39 is 0 Å². The van der Waals surface area contributed by atoms with E-state index in [1.54, 1.807) is 0 Å². The third-order valence-electron chi connectivity index (χ3n) is 4.99. The molecule has 1 amide bonds. The number of nitrogens with zero attached hydrogens (tertiary/aromatic N) is 3. The number of amides is 1. The summed E-state index contributed by atoms with van der Waals surface area (Å²) in [7, 11) is 0. The predicted octanol–water partition coefficient (Wildman–Crippen LogP) is 3.68. The number of piperazine rings is 1. The van der Waals surface area contributed by atoms with Gasteiger partial charge in [0.15, 0.2) is 0 Å². The highest BCUT2D eigenvalue weighted by Crippen LogP contribution is 2.15. The van der Waals surface area contributed by atoms with Crippen molar-refractivity contribution in [2.24, 2.45) is 0 Å². The normalized spacial score (nSPS) is 14.4. The van der Waals surface area contributed by atoms with Gasteiger partial charge in [0.05, 0.1) is 6.61 Å². The van der Waals surface area contributed by atoms with Gasteiger partial charge in [0.1, 0.15) is 5.75 Å². The number of pyridine rings is 1. The van der Waals surface area contributed by atoms with Crippen LogP contribution in [0.5, 0.6) is 5.75 Å². The summed E-state index contributed by atoms with van der Waals surface area (Å²) >= 11 is 0. The van der Waals surface area contributed by atoms with Crippen LogP contribution in [0.3, 0.4) is 0 Å². The standard InChI is InChI=1S/C22H29N3O2.ClH/c1-2-3-18-27-21-6-4-20(5-7-21)22(26)25-16-14-24(15-17-25)13-10-19-8-11-23-12-9-19;/h4-9,11-12H,2-3,10,13-18H2,1H3;1H. The van der Waals surface area contributed by atoms with E-state index in [0.29, 0.717) is 0 Å². The first-order valence-corrected chi connectivity index (χ1v) is 9.89. The van der Waals surface area contributed by atoms with Gasteiger partial charge in [0, 0.05) is 50.7 Å². The van der Waals surface area contributed by atoms with Gasteiger partial charge < -0.3 is 9.64 Å². The molecule has 1 saturated heterocycles. The second-order valence-corrected chi connectivity index (χ2v) is 6.97. The van der Waals surface area contributed by atoms with Crippen molar-refractivity contribution in [2.45, 2.75) is 26.2 Å². The van der Waals surface area contributed by atoms with E-state index in [9.17, 15) is 4.79 Å². The van der Waals surface area contributed by atoms with E-state index in [0.717, 1.165) is 69.9 Å². The van der Waals surface area contributed by atoms with Gasteiger partial charge in [-0.2, -0.15) is 0 Å². The number of halogens is 1. The first-order valence-electron chi connectivity index (χ1n) is 9.89. The van der Waals surface area contributed by atoms with Crippen molar-refractivity contribution < 1.29 is 9.53 Å². The minimum Gasteiger partial charge on any atom is -0.494 e. The number of hydrogen-bond acceptors (Lipinski definition) is 4. The number of carbonyl (C=O) groups excluding carboxylic acids is 1. The third kappa shape index (κ3) is 6.50. The molecule has 1 fully saturated rings. The van der Waals surface area contributed by atoms with Crippen molar-refractivity contribution >= 4 is 18.3 Å². The Morgan fingerprint density at radius 2 is 1.71 bits per heavy atom. The molecule has 0 radical (unpaired) electrons. The zero-order chi connectivity index (χ0) is 18.9. The van der Waals surface area contributed by atoms with Crippen LogP contribution in [0, 0.1) is 0 Å². The zero-order valence-corrected chi connectivity index (χ0v) is 17.4. The Morgan fingerprint density at radius 3 is 2.36 bits per heavy atom. The molecule has 6 heteroatoms. The van der Waals surface area contributed by atoms with Crippen LogP contribution >= 0.6 is 12.4 Å². The fourth-order valence-corrected chi connectivity index (χ4v) is 3.22. The minimum atomic E-state index is 0. The molecule has 5 nitrogen and oxygen atoms in total. The molecule has 152 valence electrons. The number of aromatic nitrogens is 1. The van der Waals surface area contributed by atoms with Gasteiger partial charge in [0.2, 0.25) is 0 Å². The summed E-state index contributed by atoms with van der Waals surface area (Å²) in [5.41, 5.74) is 2.05. The maximum Gasteiger partial charge on any atom is 0.253 e. The van der Waals surface area contributed by atoms with Crippen molar-refractivity contribution in [3.8, 4) is 5.75 Å². The Hall–Kier alpha value is -2.11. The van der Waals surface area contributed by atoms with Crippen LogP contribution in [0.1, 0.15) is 35.7 Å². The summed E-state index contributed by atoms with van der Waals surface area (Å²) in [6.07, 6.45) is 6.87. The van der Waals surface area contributed by atoms with Crippen LogP contribution in [0.2, 0.25) is 0 Å². The smallest absolute Gasteiger partial charge is 0.253 e. The highest BCUT2D eigenvalue weighted by molar-refractivity contribution is 5.94. The van der Waals surface area contributed by atoms with Crippen molar-refractivity contribution in [1.82, 2.24) is 14.8 Å². The molecule has 1 aliphatic rings. The number of rotatable bonds is 8. The van der Waals surface area contributed by atoms with E-state index in [2.05, 4.69) is 28.9 Å². The molecule has 0 aliphatic carbocycles. The predicted molar refractivity (Wildman–Crippen MR) is 114 cm³/mol. The quantitative estimate of drug-likeness (QED) is 0.631. The number of benzene rings is 1. The van der Waals surface area contributed by atoms with Crippen LogP contribution in [0.4, 0.5) is 0 Å². The average Bonchev–Trinajstić information content (AvgIpc) is 2.74. The van der Waals surface area contributed by atoms with Gasteiger partial charge >= 0.3 is 0 Å². The van der Waals surface area contributed by atoms with E-state index in [1.165, 1.54) is 5.56 Å². The fraction of sp³-hybridized carbons (Fsp3) is 0.455. The first-order chi connectivity index (χ1) is 13.3. The highest BCUT2D eigenvalue weighted by Gasteiger charge is 2.21. The molecule has 1 aromatic heterocycles. The number of unbranched alkanes of at least 4 members (excludes halogenated alkanes) is 1. The molecule has 0 N–H and O–H groups in total. The Kier molecular flexibility index (Phi) is 9.24. The highest BCUT2D eigenvalue weighted by atomic mass is 35.5. The monoisotopic (exact) mass is 403 g/mol. The summed E-state index contributed by atoms with van der Waals surface area (Å²) in [6.45, 7) is 7.31. The second kappa shape index (κ2) is 11.7. The second-order valence-electron chi connectivity index (χ2n) is 6.97. The minimum absolute atomic E-state index is 0. The molecule has 1 aliphatic heterocycles. The van der Waals surface area contributed by atoms with E-state index in [4.69, 9.17) is 4.74 Å². The molecule has 0 saturated carbocycles. The summed E-state index contributed by atoms with van der Waals surface area (Å²) in [6, 6.07) is 11.7. The van der Waals surface area contributed by atoms with Crippen LogP contribution in [-0.2, 0) is 6.42 Å². The fourth-order valence-electron chi connectivity index (χ4n) is 3.22. The topological polar surface area (TPSA) is 45.7 Å². The molecule has 28 heavy (non-hydrogen) atoms. The van der Waals surface area contributed by atoms with Gasteiger partial charge in [0.25, 0.3) is 5.91 Å². The van der Waals surface area contributed by atoms with Crippen LogP contribution in [0.15, 0.2) is 48.8 Å². The van der Waals surface area contributed by atoms with Crippen LogP contribution < -0.4 is 4.74 Å². The molecular weight excluding hydrogens is 374 g/mol. The Morgan fingerprint density at radius 1 is 1.04 bits per heavy atom. The summed E-state index contributed by atoms with van der Waals surface area (Å²) in [5, 5.41) is 0. The Bertz CT molecular complexity index is 701. The van der Waals surface area contributed by atoms with Crippen molar-refractivity contribution in [1.29, 1.82) is 0 Å². The Labute approximate surface area is 174 Å². The molecule has 0 unspecified atom stereocenters. The van der Waals surface area contributed by atoms with E-state index >= 15 is 0 Å². The summed E-state index contributed by atoms with van der Waals surface area (Å²) in [4.78, 5) is 21.2. The first kappa shape index (κ1) is 22.2. The van der Waals surface area contributed by atoms with Gasteiger partial charge in [-0.25, -0.2) is 0 Å². The lowest BCUT2D eigenvalue weighted by Crippen LogP contribution is -2.49. The lowest BCUT2D eigenvalue weighted by molar-refractivity contribution is 0.0638. The van der Waals surface area contributed by atoms with Crippen LogP contribution in [-0.4, -0.2) is 60.0 Å². The molecule has 2 aromatic rings. The third-order valence-corrected chi connectivity index (χ3v) is 4.99. The maximum atomic E-state index is 12.7. The van der Waals surface area contributed by atoms with Gasteiger partial charge in [-0.15, -0.1) is 12.4 Å². The van der Waals surface area contributed by atoms with E-state index in [-0.39, 0.29) is 18.3 Å². The molecule has 0 atom stereocenters. The molecule has 2 heterocycles. The molecule has 1 aromatic carbocycles. The summed E-state index contributed by atoms with van der Waals surface area (Å²) < 4.78 is 5.67. The maximum absolute atomic E-state index is 12.7. The number of hydrogen-bond donors (Lipinski definition) is 0. The van der Waals surface area contributed by atoms with Crippen molar-refractivity contribution in [3.05, 3.63) is 59.9 Å². The SMILES string of the molecule is CCCCOc1ccc(C(=O)N2CCN(CCc3ccncc3)CC2)cc1.Cl. The molecule has 0 spiro atoms. The van der Waals surface area contributed by atoms with Gasteiger partial charge in [-0.3, -0.25) is 14.7 Å². The largest absolute Gasteiger partial charge is 0.494 e. The van der Waals surface area contributed by atoms with Crippen molar-refractivity contribution in [3.63, 3.8) is 0 Å². The zero-order valence-electron chi connectivity index (χ0n) is 16.5. The number of ether oxygens (including phenoxy) is 1. The Balaban J connectivity index is 0.00000280. The summed E-state index contributed by atoms with van der Waals surface area (Å²) in [5.74, 6) is 0.949. The lowest BCUT2D eigenvalue weighted by Gasteiger charge is -2.34. The molecule has 3 rings (SSSR count). The average molecular weight is 404 g/mol. The van der Waals surface area contributed by atoms with Crippen LogP contribution in [0.25, 0.3) is 0 Å². The number of carbonyl (C=O) groups is 1. The van der Waals surface area contributed by atoms with Crippen molar-refractivity contribution in [2.75, 3.05) is 39.3 Å². The molecule has 0 bridgehead atoms.